The van der Waals surface area contributed by atoms with Crippen LogP contribution in [0.5, 0.6) is 5.75 Å². The molecule has 5 nitrogen and oxygen atoms in total. The predicted octanol–water partition coefficient (Wildman–Crippen LogP) is 2.80. The summed E-state index contributed by atoms with van der Waals surface area (Å²) >= 11 is 1.60. The summed E-state index contributed by atoms with van der Waals surface area (Å²) in [4.78, 5) is 26.4. The van der Waals surface area contributed by atoms with Crippen molar-refractivity contribution in [2.75, 3.05) is 20.2 Å². The second-order valence-electron chi connectivity index (χ2n) is 6.01. The van der Waals surface area contributed by atoms with Crippen molar-refractivity contribution in [2.45, 2.75) is 25.7 Å². The van der Waals surface area contributed by atoms with Crippen LogP contribution in [0.15, 0.2) is 30.3 Å². The first kappa shape index (κ1) is 17.5. The Bertz CT molecular complexity index is 746. The molecule has 1 heterocycles. The fraction of sp³-hybridized carbons (Fsp3) is 0.368. The number of amides is 2. The number of hydrogen-bond acceptors (Lipinski definition) is 4. The van der Waals surface area contributed by atoms with Crippen LogP contribution in [0.25, 0.3) is 0 Å². The smallest absolute Gasteiger partial charge is 0.261 e. The van der Waals surface area contributed by atoms with Gasteiger partial charge in [-0.25, -0.2) is 0 Å². The van der Waals surface area contributed by atoms with Crippen LogP contribution in [0.2, 0.25) is 0 Å². The molecular formula is C19H22N2O3S. The van der Waals surface area contributed by atoms with Crippen LogP contribution in [0.4, 0.5) is 0 Å². The Balaban J connectivity index is 1.45. The SMILES string of the molecule is COc1cccc(C(=O)NCCNC(=O)c2cc3c(s2)CCCC3)c1. The van der Waals surface area contributed by atoms with E-state index in [2.05, 4.69) is 10.6 Å². The molecule has 0 radical (unpaired) electrons. The Morgan fingerprint density at radius 3 is 2.60 bits per heavy atom. The predicted molar refractivity (Wildman–Crippen MR) is 98.6 cm³/mol. The molecule has 1 aliphatic carbocycles. The van der Waals surface area contributed by atoms with Gasteiger partial charge in [-0.05, 0) is 55.5 Å². The fourth-order valence-corrected chi connectivity index (χ4v) is 4.08. The number of aryl methyl sites for hydroxylation is 2. The Morgan fingerprint density at radius 1 is 1.08 bits per heavy atom. The molecule has 0 saturated heterocycles. The highest BCUT2D eigenvalue weighted by atomic mass is 32.1. The third kappa shape index (κ3) is 4.39. The Morgan fingerprint density at radius 2 is 1.84 bits per heavy atom. The van der Waals surface area contributed by atoms with Crippen molar-refractivity contribution < 1.29 is 14.3 Å². The Kier molecular flexibility index (Phi) is 5.71. The Hall–Kier alpha value is -2.34. The molecule has 0 bridgehead atoms. The summed E-state index contributed by atoms with van der Waals surface area (Å²) in [7, 11) is 1.56. The van der Waals surface area contributed by atoms with Crippen molar-refractivity contribution in [3.63, 3.8) is 0 Å². The van der Waals surface area contributed by atoms with Crippen LogP contribution in [0.1, 0.15) is 43.3 Å². The van der Waals surface area contributed by atoms with Crippen molar-refractivity contribution in [1.29, 1.82) is 0 Å². The van der Waals surface area contributed by atoms with E-state index < -0.39 is 0 Å². The quantitative estimate of drug-likeness (QED) is 0.781. The lowest BCUT2D eigenvalue weighted by Gasteiger charge is -2.08. The number of fused-ring (bicyclic) bond motifs is 1. The van der Waals surface area contributed by atoms with Gasteiger partial charge in [-0.15, -0.1) is 11.3 Å². The van der Waals surface area contributed by atoms with Crippen molar-refractivity contribution >= 4 is 23.2 Å². The van der Waals surface area contributed by atoms with Crippen molar-refractivity contribution in [3.8, 4) is 5.75 Å². The summed E-state index contributed by atoms with van der Waals surface area (Å²) in [6.45, 7) is 0.782. The van der Waals surface area contributed by atoms with Gasteiger partial charge in [-0.3, -0.25) is 9.59 Å². The van der Waals surface area contributed by atoms with E-state index in [-0.39, 0.29) is 11.8 Å². The lowest BCUT2D eigenvalue weighted by molar-refractivity contribution is 0.0929. The summed E-state index contributed by atoms with van der Waals surface area (Å²) in [5.41, 5.74) is 1.87. The van der Waals surface area contributed by atoms with E-state index in [0.717, 1.165) is 17.7 Å². The number of hydrogen-bond donors (Lipinski definition) is 2. The minimum Gasteiger partial charge on any atom is -0.497 e. The molecule has 1 aromatic carbocycles. The number of benzene rings is 1. The van der Waals surface area contributed by atoms with Gasteiger partial charge >= 0.3 is 0 Å². The van der Waals surface area contributed by atoms with Gasteiger partial charge in [0.1, 0.15) is 5.75 Å². The van der Waals surface area contributed by atoms with Gasteiger partial charge in [-0.2, -0.15) is 0 Å². The molecule has 6 heteroatoms. The van der Waals surface area contributed by atoms with Gasteiger partial charge in [-0.1, -0.05) is 6.07 Å². The highest BCUT2D eigenvalue weighted by molar-refractivity contribution is 7.14. The molecule has 1 aliphatic rings. The summed E-state index contributed by atoms with van der Waals surface area (Å²) in [5, 5.41) is 5.67. The van der Waals surface area contributed by atoms with E-state index >= 15 is 0 Å². The third-order valence-corrected chi connectivity index (χ3v) is 5.48. The first-order valence-electron chi connectivity index (χ1n) is 8.49. The molecule has 2 N–H and O–H groups in total. The number of thiophene rings is 1. The van der Waals surface area contributed by atoms with Gasteiger partial charge in [0.05, 0.1) is 12.0 Å². The summed E-state index contributed by atoms with van der Waals surface area (Å²) < 4.78 is 5.11. The number of ether oxygens (including phenoxy) is 1. The molecule has 0 fully saturated rings. The van der Waals surface area contributed by atoms with Crippen LogP contribution in [-0.4, -0.2) is 32.0 Å². The van der Waals surface area contributed by atoms with Gasteiger partial charge in [0.15, 0.2) is 0 Å². The molecule has 0 atom stereocenters. The van der Waals surface area contributed by atoms with Crippen LogP contribution in [-0.2, 0) is 12.8 Å². The zero-order valence-electron chi connectivity index (χ0n) is 14.3. The fourth-order valence-electron chi connectivity index (χ4n) is 2.91. The highest BCUT2D eigenvalue weighted by Crippen LogP contribution is 2.29. The number of nitrogens with one attached hydrogen (secondary N) is 2. The largest absolute Gasteiger partial charge is 0.497 e. The lowest BCUT2D eigenvalue weighted by Crippen LogP contribution is -2.34. The average molecular weight is 358 g/mol. The molecule has 1 aromatic heterocycles. The third-order valence-electron chi connectivity index (χ3n) is 4.25. The van der Waals surface area contributed by atoms with Crippen molar-refractivity contribution in [3.05, 3.63) is 51.2 Å². The van der Waals surface area contributed by atoms with E-state index in [0.29, 0.717) is 24.4 Å². The molecule has 0 spiro atoms. The number of carbonyl (C=O) groups is 2. The molecular weight excluding hydrogens is 336 g/mol. The molecule has 25 heavy (non-hydrogen) atoms. The maximum atomic E-state index is 12.2. The molecule has 2 amide bonds. The number of rotatable bonds is 6. The van der Waals surface area contributed by atoms with E-state index in [4.69, 9.17) is 4.74 Å². The average Bonchev–Trinajstić information content (AvgIpc) is 3.09. The first-order valence-corrected chi connectivity index (χ1v) is 9.31. The second kappa shape index (κ2) is 8.16. The van der Waals surface area contributed by atoms with Gasteiger partial charge in [0.2, 0.25) is 0 Å². The maximum absolute atomic E-state index is 12.2. The zero-order chi connectivity index (χ0) is 17.6. The van der Waals surface area contributed by atoms with Crippen molar-refractivity contribution in [1.82, 2.24) is 10.6 Å². The zero-order valence-corrected chi connectivity index (χ0v) is 15.1. The first-order chi connectivity index (χ1) is 12.2. The molecule has 0 unspecified atom stereocenters. The topological polar surface area (TPSA) is 67.4 Å². The lowest BCUT2D eigenvalue weighted by atomic mass is 9.99. The second-order valence-corrected chi connectivity index (χ2v) is 7.15. The van der Waals surface area contributed by atoms with E-state index in [1.807, 2.05) is 6.07 Å². The Labute approximate surface area is 151 Å². The number of methoxy groups -OCH3 is 1. The monoisotopic (exact) mass is 358 g/mol. The van der Waals surface area contributed by atoms with Crippen molar-refractivity contribution in [2.24, 2.45) is 0 Å². The van der Waals surface area contributed by atoms with Crippen LogP contribution in [0.3, 0.4) is 0 Å². The van der Waals surface area contributed by atoms with Gasteiger partial charge < -0.3 is 15.4 Å². The molecule has 0 aliphatic heterocycles. The maximum Gasteiger partial charge on any atom is 0.261 e. The van der Waals surface area contributed by atoms with E-state index in [9.17, 15) is 9.59 Å². The minimum absolute atomic E-state index is 0.0602. The molecule has 3 rings (SSSR count). The summed E-state index contributed by atoms with van der Waals surface area (Å²) in [5.74, 6) is 0.400. The molecule has 2 aromatic rings. The normalized spacial score (nSPS) is 13.0. The van der Waals surface area contributed by atoms with Crippen LogP contribution >= 0.6 is 11.3 Å². The van der Waals surface area contributed by atoms with Crippen LogP contribution in [0, 0.1) is 0 Å². The van der Waals surface area contributed by atoms with Gasteiger partial charge in [0, 0.05) is 23.5 Å². The van der Waals surface area contributed by atoms with E-state index in [1.54, 1.807) is 42.7 Å². The molecule has 132 valence electrons. The minimum atomic E-state index is -0.181. The summed E-state index contributed by atoms with van der Waals surface area (Å²) in [6, 6.07) is 8.99. The number of carbonyl (C=O) groups excluding carboxylic acids is 2. The standard InChI is InChI=1S/C19H22N2O3S/c1-24-15-7-4-6-14(11-15)18(22)20-9-10-21-19(23)17-12-13-5-2-3-8-16(13)25-17/h4,6-7,11-12H,2-3,5,8-10H2,1H3,(H,20,22)(H,21,23). The highest BCUT2D eigenvalue weighted by Gasteiger charge is 2.17. The van der Waals surface area contributed by atoms with Crippen LogP contribution < -0.4 is 15.4 Å². The van der Waals surface area contributed by atoms with Gasteiger partial charge in [0.25, 0.3) is 11.8 Å². The summed E-state index contributed by atoms with van der Waals surface area (Å²) in [6.07, 6.45) is 4.59. The van der Waals surface area contributed by atoms with E-state index in [1.165, 1.54) is 23.3 Å². The molecule has 0 saturated carbocycles.